The Labute approximate surface area is 349 Å². The smallest absolute Gasteiger partial charge is 0.264 e. The number of imide groups is 2. The van der Waals surface area contributed by atoms with E-state index in [0.29, 0.717) is 16.8 Å². The zero-order chi connectivity index (χ0) is 42.9. The first-order chi connectivity index (χ1) is 29.6. The number of hydrogen-bond acceptors (Lipinski definition) is 12. The highest BCUT2D eigenvalue weighted by molar-refractivity contribution is 6.25. The predicted molar refractivity (Wildman–Crippen MR) is 224 cm³/mol. The van der Waals surface area contributed by atoms with Crippen LogP contribution >= 0.6 is 0 Å². The van der Waals surface area contributed by atoms with Gasteiger partial charge >= 0.3 is 0 Å². The Bertz CT molecular complexity index is 2510. The SMILES string of the molecule is NC(=O)c1cnc2ccc(-c3ccc(C(=O)NCCOCCOCCNC(=O)CNc4cccc5c4C(=O)N(C4CCC(=O)NC4=O)C5=O)cc3)cc2c1Nc1ccccc1. The van der Waals surface area contributed by atoms with E-state index in [1.807, 2.05) is 60.7 Å². The molecule has 3 heterocycles. The number of para-hydroxylation sites is 1. The van der Waals surface area contributed by atoms with Crippen LogP contribution in [-0.4, -0.2) is 103 Å². The summed E-state index contributed by atoms with van der Waals surface area (Å²) in [5, 5.41) is 14.6. The Kier molecular flexibility index (Phi) is 13.0. The lowest BCUT2D eigenvalue weighted by Crippen LogP contribution is -2.54. The van der Waals surface area contributed by atoms with Crippen molar-refractivity contribution in [3.05, 3.63) is 119 Å². The van der Waals surface area contributed by atoms with Gasteiger partial charge in [0, 0.05) is 48.0 Å². The van der Waals surface area contributed by atoms with Gasteiger partial charge in [-0.25, -0.2) is 0 Å². The van der Waals surface area contributed by atoms with E-state index in [0.717, 1.165) is 27.1 Å². The van der Waals surface area contributed by atoms with Gasteiger partial charge < -0.3 is 36.5 Å². The van der Waals surface area contributed by atoms with Crippen LogP contribution < -0.4 is 32.3 Å². The average Bonchev–Trinajstić information content (AvgIpc) is 3.52. The summed E-state index contributed by atoms with van der Waals surface area (Å²) in [6.07, 6.45) is 1.52. The molecule has 0 bridgehead atoms. The number of benzene rings is 4. The number of ether oxygens (including phenoxy) is 2. The quantitative estimate of drug-likeness (QED) is 0.0552. The summed E-state index contributed by atoms with van der Waals surface area (Å²) in [5.74, 6) is -3.70. The second-order valence-electron chi connectivity index (χ2n) is 14.1. The Balaban J connectivity index is 0.790. The number of carbonyl (C=O) groups excluding carboxylic acids is 7. The van der Waals surface area contributed by atoms with Crippen LogP contribution in [0.5, 0.6) is 0 Å². The highest BCUT2D eigenvalue weighted by Crippen LogP contribution is 2.34. The fourth-order valence-corrected chi connectivity index (χ4v) is 7.00. The van der Waals surface area contributed by atoms with Crippen molar-refractivity contribution in [1.29, 1.82) is 0 Å². The summed E-state index contributed by atoms with van der Waals surface area (Å²) in [5.41, 5.74) is 10.6. The molecular formula is C44H42N8O9. The molecule has 1 aromatic heterocycles. The highest BCUT2D eigenvalue weighted by Gasteiger charge is 2.45. The number of aromatic nitrogens is 1. The lowest BCUT2D eigenvalue weighted by atomic mass is 10.00. The van der Waals surface area contributed by atoms with E-state index in [1.165, 1.54) is 12.3 Å². The van der Waals surface area contributed by atoms with Crippen LogP contribution in [0.3, 0.4) is 0 Å². The van der Waals surface area contributed by atoms with E-state index in [9.17, 15) is 33.6 Å². The molecule has 61 heavy (non-hydrogen) atoms. The zero-order valence-corrected chi connectivity index (χ0v) is 32.8. The topological polar surface area (TPSA) is 240 Å². The van der Waals surface area contributed by atoms with E-state index in [1.54, 1.807) is 24.3 Å². The molecule has 7 N–H and O–H groups in total. The number of anilines is 3. The molecule has 0 aliphatic carbocycles. The molecule has 7 rings (SSSR count). The number of rotatable bonds is 18. The van der Waals surface area contributed by atoms with Crippen molar-refractivity contribution in [3.8, 4) is 11.1 Å². The molecule has 2 aliphatic heterocycles. The fourth-order valence-electron chi connectivity index (χ4n) is 7.00. The van der Waals surface area contributed by atoms with Gasteiger partial charge in [0.2, 0.25) is 17.7 Å². The number of nitrogens with one attached hydrogen (secondary N) is 5. The van der Waals surface area contributed by atoms with Gasteiger partial charge in [-0.05, 0) is 66.1 Å². The number of nitrogens with zero attached hydrogens (tertiary/aromatic N) is 2. The molecule has 7 amide bonds. The van der Waals surface area contributed by atoms with Crippen LogP contribution in [0.25, 0.3) is 22.0 Å². The maximum absolute atomic E-state index is 13.2. The molecule has 2 aliphatic rings. The van der Waals surface area contributed by atoms with Crippen LogP contribution in [-0.2, 0) is 23.9 Å². The number of amides is 7. The predicted octanol–water partition coefficient (Wildman–Crippen LogP) is 3.14. The Morgan fingerprint density at radius 1 is 0.803 bits per heavy atom. The van der Waals surface area contributed by atoms with Gasteiger partial charge in [0.1, 0.15) is 6.04 Å². The first-order valence-electron chi connectivity index (χ1n) is 19.5. The van der Waals surface area contributed by atoms with Crippen LogP contribution in [0.1, 0.15) is 54.3 Å². The van der Waals surface area contributed by atoms with Gasteiger partial charge in [0.15, 0.2) is 0 Å². The van der Waals surface area contributed by atoms with E-state index in [-0.39, 0.29) is 93.1 Å². The van der Waals surface area contributed by atoms with Gasteiger partial charge in [-0.2, -0.15) is 0 Å². The van der Waals surface area contributed by atoms with E-state index in [4.69, 9.17) is 15.2 Å². The Morgan fingerprint density at radius 2 is 1.52 bits per heavy atom. The minimum absolute atomic E-state index is 0.0121. The minimum Gasteiger partial charge on any atom is -0.377 e. The molecular weight excluding hydrogens is 785 g/mol. The lowest BCUT2D eigenvalue weighted by molar-refractivity contribution is -0.136. The van der Waals surface area contributed by atoms with Crippen molar-refractivity contribution in [2.24, 2.45) is 5.73 Å². The number of fused-ring (bicyclic) bond motifs is 2. The molecule has 1 saturated heterocycles. The first kappa shape index (κ1) is 41.7. The monoisotopic (exact) mass is 826 g/mol. The minimum atomic E-state index is -1.09. The van der Waals surface area contributed by atoms with E-state index in [2.05, 4.69) is 31.6 Å². The molecule has 0 spiro atoms. The van der Waals surface area contributed by atoms with Crippen molar-refractivity contribution in [3.63, 3.8) is 0 Å². The molecule has 0 radical (unpaired) electrons. The molecule has 1 unspecified atom stereocenters. The van der Waals surface area contributed by atoms with Crippen LogP contribution in [0.2, 0.25) is 0 Å². The van der Waals surface area contributed by atoms with Gasteiger partial charge in [0.25, 0.3) is 23.6 Å². The molecule has 1 fully saturated rings. The highest BCUT2D eigenvalue weighted by atomic mass is 16.5. The number of piperidine rings is 1. The van der Waals surface area contributed by atoms with Crippen molar-refractivity contribution in [1.82, 2.24) is 25.8 Å². The Hall–Kier alpha value is -7.50. The summed E-state index contributed by atoms with van der Waals surface area (Å²) in [4.78, 5) is 93.0. The van der Waals surface area contributed by atoms with Gasteiger partial charge in [0.05, 0.1) is 60.9 Å². The molecule has 4 aromatic carbocycles. The maximum atomic E-state index is 13.2. The average molecular weight is 827 g/mol. The molecule has 312 valence electrons. The number of primary amides is 1. The third kappa shape index (κ3) is 9.70. The fraction of sp³-hybridized carbons (Fsp3) is 0.227. The summed E-state index contributed by atoms with van der Waals surface area (Å²) < 4.78 is 11.1. The van der Waals surface area contributed by atoms with Crippen molar-refractivity contribution in [2.45, 2.75) is 18.9 Å². The van der Waals surface area contributed by atoms with Crippen molar-refractivity contribution >= 4 is 69.3 Å². The largest absolute Gasteiger partial charge is 0.377 e. The normalized spacial score (nSPS) is 14.7. The van der Waals surface area contributed by atoms with Crippen molar-refractivity contribution < 1.29 is 43.0 Å². The standard InChI is InChI=1S/C44H42N8O9/c45-40(55)32-24-48-33-14-13-28(23-31(33)39(32)50-29-5-2-1-3-6-29)26-9-11-27(12-10-26)41(56)47-18-20-61-22-21-60-19-17-46-37(54)25-49-34-8-4-7-30-38(34)44(59)52(43(30)58)35-15-16-36(53)51-42(35)57/h1-14,23-24,35,49H,15-22,25H2,(H2,45,55)(H,46,54)(H,47,56)(H,48,50)(H,51,53,57). The second kappa shape index (κ2) is 19.0. The first-order valence-corrected chi connectivity index (χ1v) is 19.5. The summed E-state index contributed by atoms with van der Waals surface area (Å²) in [6, 6.07) is 25.8. The third-order valence-electron chi connectivity index (χ3n) is 10.0. The van der Waals surface area contributed by atoms with Gasteiger partial charge in [-0.15, -0.1) is 0 Å². The Morgan fingerprint density at radius 3 is 2.25 bits per heavy atom. The molecule has 0 saturated carbocycles. The molecule has 1 atom stereocenters. The summed E-state index contributed by atoms with van der Waals surface area (Å²) >= 11 is 0. The number of pyridine rings is 1. The molecule has 17 nitrogen and oxygen atoms in total. The number of carbonyl (C=O) groups is 7. The van der Waals surface area contributed by atoms with Gasteiger partial charge in [-0.3, -0.25) is 48.8 Å². The summed E-state index contributed by atoms with van der Waals surface area (Å²) in [6.45, 7) is 1.31. The third-order valence-corrected chi connectivity index (χ3v) is 10.0. The van der Waals surface area contributed by atoms with E-state index < -0.39 is 35.6 Å². The van der Waals surface area contributed by atoms with Crippen LogP contribution in [0, 0.1) is 0 Å². The van der Waals surface area contributed by atoms with Gasteiger partial charge in [-0.1, -0.05) is 42.5 Å². The van der Waals surface area contributed by atoms with Crippen molar-refractivity contribution in [2.75, 3.05) is 56.7 Å². The molecule has 17 heteroatoms. The zero-order valence-electron chi connectivity index (χ0n) is 32.8. The lowest BCUT2D eigenvalue weighted by Gasteiger charge is -2.27. The van der Waals surface area contributed by atoms with Crippen LogP contribution in [0.4, 0.5) is 17.1 Å². The maximum Gasteiger partial charge on any atom is 0.264 e. The van der Waals surface area contributed by atoms with Crippen LogP contribution in [0.15, 0.2) is 97.2 Å². The number of hydrogen-bond donors (Lipinski definition) is 6. The van der Waals surface area contributed by atoms with E-state index >= 15 is 0 Å². The number of nitrogens with two attached hydrogens (primary N) is 1. The summed E-state index contributed by atoms with van der Waals surface area (Å²) in [7, 11) is 0. The second-order valence-corrected chi connectivity index (χ2v) is 14.1. The molecule has 5 aromatic rings.